The Balaban J connectivity index is 1.52. The van der Waals surface area contributed by atoms with E-state index < -0.39 is 6.09 Å². The average Bonchev–Trinajstić information content (AvgIpc) is 3.25. The third-order valence-corrected chi connectivity index (χ3v) is 4.36. The number of aromatic amines is 1. The minimum Gasteiger partial charge on any atom is -0.439 e. The second kappa shape index (κ2) is 5.12. The number of imide groups is 1. The van der Waals surface area contributed by atoms with Gasteiger partial charge in [-0.1, -0.05) is 18.2 Å². The number of hydrogen-bond donors (Lipinski definition) is 1. The van der Waals surface area contributed by atoms with Crippen LogP contribution in [0.15, 0.2) is 30.3 Å². The molecule has 2 saturated heterocycles. The quantitative estimate of drug-likeness (QED) is 0.907. The number of nitrogens with zero attached hydrogens (tertiary/aromatic N) is 2. The smallest absolute Gasteiger partial charge is 0.417 e. The standard InChI is InChI=1S/C16H15N3O4/c20-14-9-23-16(22)19(14)11-5-6-18(8-11)15(21)13-7-10-3-1-2-4-12(10)17-13/h1-4,7,11,17H,5-6,8-9H2. The Labute approximate surface area is 131 Å². The van der Waals surface area contributed by atoms with Crippen molar-refractivity contribution in [2.24, 2.45) is 0 Å². The minimum absolute atomic E-state index is 0.122. The lowest BCUT2D eigenvalue weighted by Gasteiger charge is -2.20. The largest absolute Gasteiger partial charge is 0.439 e. The minimum atomic E-state index is -0.611. The summed E-state index contributed by atoms with van der Waals surface area (Å²) < 4.78 is 4.74. The number of fused-ring (bicyclic) bond motifs is 1. The van der Waals surface area contributed by atoms with E-state index in [1.165, 1.54) is 0 Å². The van der Waals surface area contributed by atoms with Gasteiger partial charge in [0, 0.05) is 24.0 Å². The van der Waals surface area contributed by atoms with Gasteiger partial charge in [-0.15, -0.1) is 0 Å². The van der Waals surface area contributed by atoms with Crippen LogP contribution < -0.4 is 0 Å². The van der Waals surface area contributed by atoms with Crippen molar-refractivity contribution in [1.29, 1.82) is 0 Å². The zero-order chi connectivity index (χ0) is 16.0. The molecule has 3 amide bonds. The molecular formula is C16H15N3O4. The Morgan fingerprint density at radius 2 is 2.09 bits per heavy atom. The summed E-state index contributed by atoms with van der Waals surface area (Å²) in [6, 6.07) is 9.20. The number of ether oxygens (including phenoxy) is 1. The Morgan fingerprint density at radius 1 is 1.26 bits per heavy atom. The molecule has 118 valence electrons. The molecule has 23 heavy (non-hydrogen) atoms. The maximum Gasteiger partial charge on any atom is 0.417 e. The molecular weight excluding hydrogens is 298 g/mol. The van der Waals surface area contributed by atoms with E-state index in [1.54, 1.807) is 4.90 Å². The van der Waals surface area contributed by atoms with E-state index in [0.29, 0.717) is 25.2 Å². The van der Waals surface area contributed by atoms with Crippen LogP contribution in [0.2, 0.25) is 0 Å². The number of benzene rings is 1. The van der Waals surface area contributed by atoms with E-state index in [2.05, 4.69) is 4.98 Å². The summed E-state index contributed by atoms with van der Waals surface area (Å²) in [5, 5.41) is 0.977. The lowest BCUT2D eigenvalue weighted by Crippen LogP contribution is -2.42. The molecule has 0 bridgehead atoms. The summed E-state index contributed by atoms with van der Waals surface area (Å²) >= 11 is 0. The lowest BCUT2D eigenvalue weighted by molar-refractivity contribution is -0.127. The number of carbonyl (C=O) groups excluding carboxylic acids is 3. The van der Waals surface area contributed by atoms with Gasteiger partial charge in [0.1, 0.15) is 5.69 Å². The highest BCUT2D eigenvalue weighted by molar-refractivity contribution is 5.99. The first kappa shape index (κ1) is 13.8. The molecule has 7 heteroatoms. The molecule has 0 saturated carbocycles. The molecule has 3 heterocycles. The average molecular weight is 313 g/mol. The normalized spacial score (nSPS) is 21.3. The van der Waals surface area contributed by atoms with Gasteiger partial charge in [-0.05, 0) is 18.6 Å². The predicted molar refractivity (Wildman–Crippen MR) is 80.8 cm³/mol. The molecule has 2 fully saturated rings. The zero-order valence-electron chi connectivity index (χ0n) is 12.3. The van der Waals surface area contributed by atoms with Gasteiger partial charge in [-0.25, -0.2) is 9.69 Å². The SMILES string of the molecule is O=C(c1cc2ccccc2[nH]1)N1CCC(N2C(=O)COC2=O)C1. The molecule has 4 rings (SSSR count). The fourth-order valence-electron chi connectivity index (χ4n) is 3.21. The van der Waals surface area contributed by atoms with E-state index in [0.717, 1.165) is 15.8 Å². The van der Waals surface area contributed by atoms with Crippen LogP contribution in [-0.2, 0) is 9.53 Å². The van der Waals surface area contributed by atoms with Gasteiger partial charge >= 0.3 is 6.09 Å². The highest BCUT2D eigenvalue weighted by atomic mass is 16.6. The second-order valence-corrected chi connectivity index (χ2v) is 5.78. The van der Waals surface area contributed by atoms with Crippen molar-refractivity contribution in [3.8, 4) is 0 Å². The van der Waals surface area contributed by atoms with Gasteiger partial charge in [0.05, 0.1) is 6.04 Å². The van der Waals surface area contributed by atoms with E-state index in [-0.39, 0.29) is 24.5 Å². The summed E-state index contributed by atoms with van der Waals surface area (Å²) in [6.45, 7) is 0.649. The van der Waals surface area contributed by atoms with Gasteiger partial charge in [-0.3, -0.25) is 9.59 Å². The number of amides is 3. The Hall–Kier alpha value is -2.83. The number of carbonyl (C=O) groups is 3. The summed E-state index contributed by atoms with van der Waals surface area (Å²) in [6.07, 6.45) is -0.0350. The van der Waals surface area contributed by atoms with Crippen LogP contribution in [0.3, 0.4) is 0 Å². The Bertz CT molecular complexity index is 764. The van der Waals surface area contributed by atoms with Gasteiger partial charge in [0.15, 0.2) is 6.61 Å². The van der Waals surface area contributed by atoms with Crippen molar-refractivity contribution in [1.82, 2.24) is 14.8 Å². The fourth-order valence-corrected chi connectivity index (χ4v) is 3.21. The van der Waals surface area contributed by atoms with Crippen LogP contribution in [-0.4, -0.2) is 58.4 Å². The monoisotopic (exact) mass is 313 g/mol. The number of para-hydroxylation sites is 1. The first-order chi connectivity index (χ1) is 11.1. The van der Waals surface area contributed by atoms with E-state index in [4.69, 9.17) is 4.74 Å². The Morgan fingerprint density at radius 3 is 2.83 bits per heavy atom. The summed E-state index contributed by atoms with van der Waals surface area (Å²) in [5.74, 6) is -0.455. The molecule has 1 aromatic heterocycles. The van der Waals surface area contributed by atoms with Crippen molar-refractivity contribution >= 4 is 28.8 Å². The van der Waals surface area contributed by atoms with E-state index in [1.807, 2.05) is 30.3 Å². The molecule has 1 N–H and O–H groups in total. The molecule has 1 atom stereocenters. The van der Waals surface area contributed by atoms with Crippen LogP contribution in [0.5, 0.6) is 0 Å². The predicted octanol–water partition coefficient (Wildman–Crippen LogP) is 1.36. The number of hydrogen-bond acceptors (Lipinski definition) is 4. The Kier molecular flexibility index (Phi) is 3.07. The molecule has 2 aliphatic heterocycles. The molecule has 2 aromatic rings. The van der Waals surface area contributed by atoms with Crippen LogP contribution >= 0.6 is 0 Å². The highest BCUT2D eigenvalue weighted by Gasteiger charge is 2.41. The van der Waals surface area contributed by atoms with Gasteiger partial charge in [0.2, 0.25) is 0 Å². The van der Waals surface area contributed by atoms with Gasteiger partial charge in [0.25, 0.3) is 11.8 Å². The van der Waals surface area contributed by atoms with E-state index in [9.17, 15) is 14.4 Å². The number of H-pyrrole nitrogens is 1. The van der Waals surface area contributed by atoms with Gasteiger partial charge < -0.3 is 14.6 Å². The number of nitrogens with one attached hydrogen (secondary N) is 1. The van der Waals surface area contributed by atoms with Crippen molar-refractivity contribution in [3.05, 3.63) is 36.0 Å². The zero-order valence-corrected chi connectivity index (χ0v) is 12.3. The lowest BCUT2D eigenvalue weighted by atomic mass is 10.2. The summed E-state index contributed by atoms with van der Waals surface area (Å²) in [5.41, 5.74) is 1.42. The maximum absolute atomic E-state index is 12.6. The second-order valence-electron chi connectivity index (χ2n) is 5.78. The van der Waals surface area contributed by atoms with Crippen molar-refractivity contribution in [2.75, 3.05) is 19.7 Å². The topological polar surface area (TPSA) is 82.7 Å². The molecule has 0 spiro atoms. The number of cyclic esters (lactones) is 1. The third kappa shape index (κ3) is 2.25. The van der Waals surface area contributed by atoms with Crippen molar-refractivity contribution < 1.29 is 19.1 Å². The van der Waals surface area contributed by atoms with Gasteiger partial charge in [-0.2, -0.15) is 0 Å². The maximum atomic E-state index is 12.6. The number of likely N-dealkylation sites (tertiary alicyclic amines) is 1. The van der Waals surface area contributed by atoms with Crippen LogP contribution in [0.4, 0.5) is 4.79 Å². The van der Waals surface area contributed by atoms with Crippen molar-refractivity contribution in [2.45, 2.75) is 12.5 Å². The molecule has 0 aliphatic carbocycles. The molecule has 0 radical (unpaired) electrons. The summed E-state index contributed by atoms with van der Waals surface area (Å²) in [4.78, 5) is 41.8. The van der Waals surface area contributed by atoms with Crippen LogP contribution in [0, 0.1) is 0 Å². The first-order valence-corrected chi connectivity index (χ1v) is 7.49. The first-order valence-electron chi connectivity index (χ1n) is 7.49. The third-order valence-electron chi connectivity index (χ3n) is 4.36. The van der Waals surface area contributed by atoms with Crippen LogP contribution in [0.25, 0.3) is 10.9 Å². The van der Waals surface area contributed by atoms with Crippen LogP contribution in [0.1, 0.15) is 16.9 Å². The number of rotatable bonds is 2. The molecule has 1 unspecified atom stereocenters. The highest BCUT2D eigenvalue weighted by Crippen LogP contribution is 2.23. The number of aromatic nitrogens is 1. The summed E-state index contributed by atoms with van der Waals surface area (Å²) in [7, 11) is 0. The molecule has 2 aliphatic rings. The molecule has 1 aromatic carbocycles. The van der Waals surface area contributed by atoms with E-state index >= 15 is 0 Å². The molecule has 7 nitrogen and oxygen atoms in total. The van der Waals surface area contributed by atoms with Crippen molar-refractivity contribution in [3.63, 3.8) is 0 Å². The fraction of sp³-hybridized carbons (Fsp3) is 0.312.